The average Bonchev–Trinajstić information content (AvgIpc) is 2.57. The number of allylic oxidation sites excluding steroid dienone is 2. The number of ketones is 1. The summed E-state index contributed by atoms with van der Waals surface area (Å²) < 4.78 is 5.00. The van der Waals surface area contributed by atoms with Gasteiger partial charge in [0.25, 0.3) is 0 Å². The van der Waals surface area contributed by atoms with Gasteiger partial charge in [-0.05, 0) is 39.0 Å². The molecule has 0 saturated carbocycles. The quantitative estimate of drug-likeness (QED) is 0.0941. The van der Waals surface area contributed by atoms with Crippen molar-refractivity contribution in [1.82, 2.24) is 0 Å². The van der Waals surface area contributed by atoms with Crippen LogP contribution in [-0.4, -0.2) is 35.7 Å². The molecule has 0 fully saturated rings. The van der Waals surface area contributed by atoms with E-state index >= 15 is 0 Å². The Morgan fingerprint density at radius 1 is 0.731 bits per heavy atom. The van der Waals surface area contributed by atoms with Gasteiger partial charge in [0.05, 0.1) is 6.61 Å². The van der Waals surface area contributed by atoms with Crippen molar-refractivity contribution < 1.29 is 14.3 Å². The fraction of sp³-hybridized carbons (Fsp3) is 0.818. The summed E-state index contributed by atoms with van der Waals surface area (Å²) in [6.07, 6.45) is 22.3. The van der Waals surface area contributed by atoms with Crippen molar-refractivity contribution >= 4 is 29.1 Å². The summed E-state index contributed by atoms with van der Waals surface area (Å²) in [6, 6.07) is 0. The van der Waals surface area contributed by atoms with E-state index < -0.39 is 0 Å². The largest absolute Gasteiger partial charge is 3.00 e. The van der Waals surface area contributed by atoms with E-state index in [0.717, 1.165) is 12.8 Å². The maximum Gasteiger partial charge on any atom is 3.00 e. The van der Waals surface area contributed by atoms with Gasteiger partial charge in [-0.2, -0.15) is 0 Å². The smallest absolute Gasteiger partial charge is 0.465 e. The van der Waals surface area contributed by atoms with E-state index in [2.05, 4.69) is 19.1 Å². The minimum Gasteiger partial charge on any atom is -0.465 e. The summed E-state index contributed by atoms with van der Waals surface area (Å²) in [7, 11) is 0. The van der Waals surface area contributed by atoms with Gasteiger partial charge in [0, 0.05) is 0 Å². The van der Waals surface area contributed by atoms with Crippen LogP contribution in [0.1, 0.15) is 110 Å². The molecule has 0 saturated heterocycles. The zero-order chi connectivity index (χ0) is 18.6. The third-order valence-electron chi connectivity index (χ3n) is 4.31. The molecule has 0 radical (unpaired) electrons. The molecule has 0 bridgehead atoms. The number of unbranched alkanes of at least 4 members (excludes halogenated alkanes) is 12. The monoisotopic (exact) mass is 379 g/mol. The molecule has 0 spiro atoms. The Labute approximate surface area is 172 Å². The summed E-state index contributed by atoms with van der Waals surface area (Å²) in [5.41, 5.74) is 0. The molecule has 4 heteroatoms. The Balaban J connectivity index is 0. The van der Waals surface area contributed by atoms with Gasteiger partial charge < -0.3 is 4.74 Å². The first-order valence-electron chi connectivity index (χ1n) is 10.5. The maximum absolute atomic E-state index is 11.2. The third-order valence-corrected chi connectivity index (χ3v) is 4.31. The Morgan fingerprint density at radius 3 is 1.69 bits per heavy atom. The van der Waals surface area contributed by atoms with E-state index in [9.17, 15) is 9.59 Å². The minimum atomic E-state index is -0.389. The van der Waals surface area contributed by atoms with Gasteiger partial charge in [0.1, 0.15) is 12.2 Å². The van der Waals surface area contributed by atoms with E-state index in [0.29, 0.717) is 6.61 Å². The first-order valence-corrected chi connectivity index (χ1v) is 10.5. The molecule has 0 aromatic rings. The molecule has 0 N–H and O–H groups in total. The summed E-state index contributed by atoms with van der Waals surface area (Å²) in [4.78, 5) is 21.9. The number of Topliss-reactive ketones (excluding diaryl/α,β-unsaturated/α-hetero) is 1. The van der Waals surface area contributed by atoms with Crippen LogP contribution in [0, 0.1) is 0 Å². The van der Waals surface area contributed by atoms with Crippen LogP contribution in [0.15, 0.2) is 12.2 Å². The second kappa shape index (κ2) is 22.5. The van der Waals surface area contributed by atoms with Gasteiger partial charge in [0.15, 0.2) is 0 Å². The number of carbonyl (C=O) groups excluding carboxylic acids is 2. The molecule has 0 unspecified atom stereocenters. The van der Waals surface area contributed by atoms with E-state index in [4.69, 9.17) is 4.74 Å². The third kappa shape index (κ3) is 23.4. The Kier molecular flexibility index (Phi) is 23.9. The molecule has 0 heterocycles. The summed E-state index contributed by atoms with van der Waals surface area (Å²) in [5.74, 6) is -0.522. The minimum absolute atomic E-state index is 0. The molecule has 0 atom stereocenters. The van der Waals surface area contributed by atoms with E-state index in [1.807, 2.05) is 0 Å². The summed E-state index contributed by atoms with van der Waals surface area (Å²) in [5, 5.41) is 0. The average molecular weight is 380 g/mol. The van der Waals surface area contributed by atoms with Crippen LogP contribution in [0.2, 0.25) is 0 Å². The van der Waals surface area contributed by atoms with Crippen LogP contribution >= 0.6 is 0 Å². The first-order chi connectivity index (χ1) is 12.2. The normalized spacial score (nSPS) is 10.7. The molecule has 3 nitrogen and oxygen atoms in total. The Hall–Kier alpha value is -0.588. The molecule has 0 aromatic heterocycles. The van der Waals surface area contributed by atoms with Crippen molar-refractivity contribution in [2.24, 2.45) is 0 Å². The number of esters is 1. The molecule has 26 heavy (non-hydrogen) atoms. The Bertz CT molecular complexity index is 353. The number of hydrogen-bond donors (Lipinski definition) is 0. The van der Waals surface area contributed by atoms with Crippen LogP contribution in [0.5, 0.6) is 0 Å². The van der Waals surface area contributed by atoms with Crippen LogP contribution < -0.4 is 0 Å². The van der Waals surface area contributed by atoms with E-state index in [-0.39, 0.29) is 35.5 Å². The van der Waals surface area contributed by atoms with Crippen LogP contribution in [0.25, 0.3) is 0 Å². The number of carbonyl (C=O) groups is 2. The van der Waals surface area contributed by atoms with Crippen LogP contribution in [0.3, 0.4) is 0 Å². The van der Waals surface area contributed by atoms with Crippen molar-refractivity contribution in [3.63, 3.8) is 0 Å². The van der Waals surface area contributed by atoms with E-state index in [1.54, 1.807) is 0 Å². The van der Waals surface area contributed by atoms with Crippen molar-refractivity contribution in [2.75, 3.05) is 6.61 Å². The van der Waals surface area contributed by atoms with Gasteiger partial charge in [-0.25, -0.2) is 0 Å². The fourth-order valence-electron chi connectivity index (χ4n) is 2.79. The topological polar surface area (TPSA) is 43.4 Å². The molecular weight excluding hydrogens is 339 g/mol. The number of hydrogen-bond acceptors (Lipinski definition) is 3. The number of rotatable bonds is 18. The molecule has 0 aliphatic carbocycles. The predicted octanol–water partition coefficient (Wildman–Crippen LogP) is 6.17. The summed E-state index contributed by atoms with van der Waals surface area (Å²) >= 11 is 0. The van der Waals surface area contributed by atoms with Crippen LogP contribution in [-0.2, 0) is 14.3 Å². The molecule has 0 amide bonds. The van der Waals surface area contributed by atoms with Gasteiger partial charge in [-0.15, -0.1) is 0 Å². The van der Waals surface area contributed by atoms with Crippen molar-refractivity contribution in [1.29, 1.82) is 0 Å². The van der Waals surface area contributed by atoms with Crippen molar-refractivity contribution in [3.05, 3.63) is 12.2 Å². The summed E-state index contributed by atoms with van der Waals surface area (Å²) in [6.45, 7) is 4.12. The van der Waals surface area contributed by atoms with Crippen molar-refractivity contribution in [3.8, 4) is 0 Å². The second-order valence-electron chi connectivity index (χ2n) is 7.04. The van der Waals surface area contributed by atoms with E-state index in [1.165, 1.54) is 84.0 Å². The number of ether oxygens (including phenoxy) is 1. The van der Waals surface area contributed by atoms with Gasteiger partial charge in [-0.1, -0.05) is 76.9 Å². The molecule has 0 aromatic carbocycles. The van der Waals surface area contributed by atoms with Gasteiger partial charge >= 0.3 is 23.3 Å². The second-order valence-corrected chi connectivity index (χ2v) is 7.04. The molecule has 146 valence electrons. The zero-order valence-corrected chi connectivity index (χ0v) is 18.4. The first kappa shape index (κ1) is 27.6. The van der Waals surface area contributed by atoms with Gasteiger partial charge in [0.2, 0.25) is 0 Å². The van der Waals surface area contributed by atoms with Gasteiger partial charge in [-0.3, -0.25) is 9.59 Å². The fourth-order valence-corrected chi connectivity index (χ4v) is 2.79. The molecule has 0 rings (SSSR count). The zero-order valence-electron chi connectivity index (χ0n) is 17.3. The molecule has 0 aliphatic rings. The Morgan fingerprint density at radius 2 is 1.19 bits per heavy atom. The SMILES string of the molecule is CCCCCCCCC=CCCCCCCCCOC(=O)CC(C)=O.[Al+3]. The maximum atomic E-state index is 11.2. The molecular formula is C22H40AlO3+3. The van der Waals surface area contributed by atoms with Crippen LogP contribution in [0.4, 0.5) is 0 Å². The standard InChI is InChI=1S/C22H40O3.Al/c1-3-4-5-6-7-8-9-10-11-12-13-14-15-16-17-18-19-25-22(24)20-21(2)23;/h10-11H,3-9,12-20H2,1-2H3;/q;+3. The van der Waals surface area contributed by atoms with Crippen molar-refractivity contribution in [2.45, 2.75) is 110 Å². The molecule has 0 aliphatic heterocycles. The predicted molar refractivity (Wildman–Crippen MR) is 111 cm³/mol.